The molecule has 1 N–H and O–H groups in total. The Morgan fingerprint density at radius 2 is 2.15 bits per heavy atom. The van der Waals surface area contributed by atoms with Gasteiger partial charge in [0.15, 0.2) is 0 Å². The summed E-state index contributed by atoms with van der Waals surface area (Å²) in [6.07, 6.45) is 1.07. The van der Waals surface area contributed by atoms with Crippen molar-refractivity contribution in [3.8, 4) is 6.07 Å². The van der Waals surface area contributed by atoms with Crippen LogP contribution in [0, 0.1) is 25.2 Å². The van der Waals surface area contributed by atoms with Crippen LogP contribution in [-0.2, 0) is 11.2 Å². The number of nitrogens with one attached hydrogen (secondary N) is 1. The smallest absolute Gasteiger partial charge is 0.224 e. The lowest BCUT2D eigenvalue weighted by atomic mass is 10.2. The number of amides is 1. The number of benzene rings is 1. The molecule has 0 aliphatic carbocycles. The topological polar surface area (TPSA) is 65.8 Å². The number of aryl methyl sites for hydroxylation is 3. The van der Waals surface area contributed by atoms with Gasteiger partial charge in [-0.25, -0.2) is 4.98 Å². The van der Waals surface area contributed by atoms with Gasteiger partial charge < -0.3 is 5.32 Å². The molecule has 0 saturated carbocycles. The van der Waals surface area contributed by atoms with Gasteiger partial charge in [0.05, 0.1) is 22.0 Å². The van der Waals surface area contributed by atoms with Crippen molar-refractivity contribution in [2.24, 2.45) is 0 Å². The second-order valence-electron chi connectivity index (χ2n) is 4.45. The maximum absolute atomic E-state index is 11.9. The number of hydrogen-bond donors (Lipinski definition) is 1. The number of hydrogen-bond acceptors (Lipinski definition) is 4. The van der Waals surface area contributed by atoms with Crippen molar-refractivity contribution < 1.29 is 4.79 Å². The quantitative estimate of drug-likeness (QED) is 0.938. The van der Waals surface area contributed by atoms with E-state index in [-0.39, 0.29) is 5.91 Å². The maximum Gasteiger partial charge on any atom is 0.224 e. The fourth-order valence-electron chi connectivity index (χ4n) is 1.93. The Balaban J connectivity index is 1.96. The van der Waals surface area contributed by atoms with E-state index in [0.29, 0.717) is 24.1 Å². The molecule has 0 unspecified atom stereocenters. The van der Waals surface area contributed by atoms with Crippen molar-refractivity contribution in [3.05, 3.63) is 45.4 Å². The second kappa shape index (κ2) is 6.31. The first kappa shape index (κ1) is 14.2. The highest BCUT2D eigenvalue weighted by atomic mass is 32.1. The van der Waals surface area contributed by atoms with Gasteiger partial charge in [0.2, 0.25) is 5.91 Å². The van der Waals surface area contributed by atoms with E-state index in [1.807, 2.05) is 13.8 Å². The molecule has 0 aliphatic rings. The Morgan fingerprint density at radius 1 is 1.40 bits per heavy atom. The molecule has 2 aromatic rings. The molecule has 1 aromatic heterocycles. The van der Waals surface area contributed by atoms with Crippen LogP contribution in [0.25, 0.3) is 0 Å². The first-order chi connectivity index (χ1) is 9.60. The first-order valence-corrected chi connectivity index (χ1v) is 7.13. The lowest BCUT2D eigenvalue weighted by Crippen LogP contribution is -2.13. The molecule has 0 spiro atoms. The van der Waals surface area contributed by atoms with Gasteiger partial charge in [0.1, 0.15) is 6.07 Å². The first-order valence-electron chi connectivity index (χ1n) is 6.32. The number of nitriles is 1. The fraction of sp³-hybridized carbons (Fsp3) is 0.267. The van der Waals surface area contributed by atoms with Crippen LogP contribution in [0.5, 0.6) is 0 Å². The molecule has 0 saturated heterocycles. The molecule has 0 radical (unpaired) electrons. The predicted octanol–water partition coefficient (Wildman–Crippen LogP) is 3.20. The second-order valence-corrected chi connectivity index (χ2v) is 5.73. The van der Waals surface area contributed by atoms with Crippen LogP contribution in [0.4, 0.5) is 5.69 Å². The number of thiazole rings is 1. The lowest BCUT2D eigenvalue weighted by molar-refractivity contribution is -0.116. The molecule has 1 amide bonds. The van der Waals surface area contributed by atoms with Crippen LogP contribution >= 0.6 is 11.3 Å². The Morgan fingerprint density at radius 3 is 2.80 bits per heavy atom. The van der Waals surface area contributed by atoms with E-state index in [2.05, 4.69) is 16.4 Å². The SMILES string of the molecule is Cc1nc(C)c(CCC(=O)Nc2ccccc2C#N)s1. The van der Waals surface area contributed by atoms with Crippen molar-refractivity contribution in [2.45, 2.75) is 26.7 Å². The molecule has 4 nitrogen and oxygen atoms in total. The Hall–Kier alpha value is -2.19. The number of anilines is 1. The van der Waals surface area contributed by atoms with E-state index >= 15 is 0 Å². The average Bonchev–Trinajstić information content (AvgIpc) is 2.75. The van der Waals surface area contributed by atoms with Crippen LogP contribution in [0.1, 0.15) is 27.6 Å². The lowest BCUT2D eigenvalue weighted by Gasteiger charge is -2.06. The van der Waals surface area contributed by atoms with E-state index in [9.17, 15) is 4.79 Å². The number of aromatic nitrogens is 1. The van der Waals surface area contributed by atoms with E-state index < -0.39 is 0 Å². The molecule has 102 valence electrons. The average molecular weight is 285 g/mol. The summed E-state index contributed by atoms with van der Waals surface area (Å²) in [5.74, 6) is -0.0850. The van der Waals surface area contributed by atoms with E-state index in [0.717, 1.165) is 15.6 Å². The molecule has 1 heterocycles. The van der Waals surface area contributed by atoms with E-state index in [4.69, 9.17) is 5.26 Å². The highest BCUT2D eigenvalue weighted by Gasteiger charge is 2.09. The Kier molecular flexibility index (Phi) is 4.49. The van der Waals surface area contributed by atoms with Gasteiger partial charge in [-0.3, -0.25) is 4.79 Å². The van der Waals surface area contributed by atoms with Crippen LogP contribution in [-0.4, -0.2) is 10.9 Å². The Bertz CT molecular complexity index is 670. The van der Waals surface area contributed by atoms with Gasteiger partial charge >= 0.3 is 0 Å². The Labute approximate surface area is 122 Å². The van der Waals surface area contributed by atoms with E-state index in [1.54, 1.807) is 35.6 Å². The normalized spacial score (nSPS) is 10.1. The summed E-state index contributed by atoms with van der Waals surface area (Å²) >= 11 is 1.63. The summed E-state index contributed by atoms with van der Waals surface area (Å²) in [5.41, 5.74) is 2.04. The van der Waals surface area contributed by atoms with Crippen LogP contribution < -0.4 is 5.32 Å². The molecule has 0 fully saturated rings. The molecule has 1 aromatic carbocycles. The minimum absolute atomic E-state index is 0.0850. The van der Waals surface area contributed by atoms with Gasteiger partial charge in [0, 0.05) is 11.3 Å². The minimum atomic E-state index is -0.0850. The van der Waals surface area contributed by atoms with Gasteiger partial charge in [-0.15, -0.1) is 11.3 Å². The molecule has 5 heteroatoms. The number of nitrogens with zero attached hydrogens (tertiary/aromatic N) is 2. The third-order valence-electron chi connectivity index (χ3n) is 2.90. The molecule has 0 atom stereocenters. The zero-order valence-electron chi connectivity index (χ0n) is 11.4. The van der Waals surface area contributed by atoms with Crippen molar-refractivity contribution in [1.82, 2.24) is 4.98 Å². The van der Waals surface area contributed by atoms with E-state index in [1.165, 1.54) is 0 Å². The number of carbonyl (C=O) groups is 1. The number of rotatable bonds is 4. The van der Waals surface area contributed by atoms with Gasteiger partial charge in [-0.05, 0) is 32.4 Å². The van der Waals surface area contributed by atoms with Gasteiger partial charge in [0.25, 0.3) is 0 Å². The van der Waals surface area contributed by atoms with Crippen molar-refractivity contribution in [3.63, 3.8) is 0 Å². The summed E-state index contributed by atoms with van der Waals surface area (Å²) in [6.45, 7) is 3.92. The van der Waals surface area contributed by atoms with Crippen molar-refractivity contribution in [2.75, 3.05) is 5.32 Å². The fourth-order valence-corrected chi connectivity index (χ4v) is 2.87. The summed E-state index contributed by atoms with van der Waals surface area (Å²) in [6, 6.07) is 9.06. The summed E-state index contributed by atoms with van der Waals surface area (Å²) < 4.78 is 0. The summed E-state index contributed by atoms with van der Waals surface area (Å²) in [4.78, 5) is 17.4. The standard InChI is InChI=1S/C15H15N3OS/c1-10-14(20-11(2)17-10)7-8-15(19)18-13-6-4-3-5-12(13)9-16/h3-6H,7-8H2,1-2H3,(H,18,19). The zero-order chi connectivity index (χ0) is 14.5. The summed E-state index contributed by atoms with van der Waals surface area (Å²) in [5, 5.41) is 12.8. The van der Waals surface area contributed by atoms with Gasteiger partial charge in [-0.2, -0.15) is 5.26 Å². The number of para-hydroxylation sites is 1. The predicted molar refractivity (Wildman–Crippen MR) is 79.7 cm³/mol. The highest BCUT2D eigenvalue weighted by molar-refractivity contribution is 7.11. The molecular formula is C15H15N3OS. The van der Waals surface area contributed by atoms with Crippen LogP contribution in [0.3, 0.4) is 0 Å². The third-order valence-corrected chi connectivity index (χ3v) is 4.03. The monoisotopic (exact) mass is 285 g/mol. The maximum atomic E-state index is 11.9. The molecule has 2 rings (SSSR count). The molecule has 20 heavy (non-hydrogen) atoms. The van der Waals surface area contributed by atoms with Crippen molar-refractivity contribution >= 4 is 22.9 Å². The largest absolute Gasteiger partial charge is 0.325 e. The molecule has 0 bridgehead atoms. The minimum Gasteiger partial charge on any atom is -0.325 e. The molecule has 0 aliphatic heterocycles. The summed E-state index contributed by atoms with van der Waals surface area (Å²) in [7, 11) is 0. The molecular weight excluding hydrogens is 270 g/mol. The van der Waals surface area contributed by atoms with Crippen molar-refractivity contribution in [1.29, 1.82) is 5.26 Å². The van der Waals surface area contributed by atoms with Crippen LogP contribution in [0.15, 0.2) is 24.3 Å². The van der Waals surface area contributed by atoms with Gasteiger partial charge in [-0.1, -0.05) is 12.1 Å². The zero-order valence-corrected chi connectivity index (χ0v) is 12.3. The number of carbonyl (C=O) groups excluding carboxylic acids is 1. The highest BCUT2D eigenvalue weighted by Crippen LogP contribution is 2.19. The van der Waals surface area contributed by atoms with Crippen LogP contribution in [0.2, 0.25) is 0 Å². The third kappa shape index (κ3) is 3.43.